The van der Waals surface area contributed by atoms with Gasteiger partial charge in [-0.05, 0) is 50.9 Å². The highest BCUT2D eigenvalue weighted by Gasteiger charge is 2.29. The van der Waals surface area contributed by atoms with Crippen molar-refractivity contribution in [2.75, 3.05) is 52.3 Å². The van der Waals surface area contributed by atoms with Crippen molar-refractivity contribution < 1.29 is 19.1 Å². The molecule has 2 aliphatic heterocycles. The van der Waals surface area contributed by atoms with Gasteiger partial charge in [0, 0.05) is 25.1 Å². The van der Waals surface area contributed by atoms with Crippen molar-refractivity contribution >= 4 is 17.5 Å². The van der Waals surface area contributed by atoms with Crippen LogP contribution in [0.25, 0.3) is 0 Å². The Bertz CT molecular complexity index is 693. The zero-order chi connectivity index (χ0) is 20.6. The number of hydrogen-bond donors (Lipinski definition) is 1. The molecule has 1 aromatic carbocycles. The lowest BCUT2D eigenvalue weighted by Gasteiger charge is -2.33. The van der Waals surface area contributed by atoms with Crippen LogP contribution in [0.15, 0.2) is 18.2 Å². The molecule has 7 heteroatoms. The maximum Gasteiger partial charge on any atom is 0.238 e. The summed E-state index contributed by atoms with van der Waals surface area (Å²) in [5.41, 5.74) is 0.600. The number of methoxy groups -OCH3 is 2. The Morgan fingerprint density at radius 2 is 1.69 bits per heavy atom. The molecule has 29 heavy (non-hydrogen) atoms. The number of likely N-dealkylation sites (tertiary alicyclic amines) is 2. The summed E-state index contributed by atoms with van der Waals surface area (Å²) in [7, 11) is 3.16. The van der Waals surface area contributed by atoms with E-state index in [-0.39, 0.29) is 11.8 Å². The largest absolute Gasteiger partial charge is 0.497 e. The fraction of sp³-hybridized carbons (Fsp3) is 0.636. The average Bonchev–Trinajstić information content (AvgIpc) is 3.03. The number of benzene rings is 1. The van der Waals surface area contributed by atoms with Crippen LogP contribution in [0.2, 0.25) is 0 Å². The lowest BCUT2D eigenvalue weighted by Crippen LogP contribution is -2.44. The molecule has 3 rings (SSSR count). The molecule has 2 saturated heterocycles. The van der Waals surface area contributed by atoms with Gasteiger partial charge in [-0.15, -0.1) is 0 Å². The lowest BCUT2D eigenvalue weighted by molar-refractivity contribution is -0.137. The molecule has 2 aliphatic rings. The van der Waals surface area contributed by atoms with Gasteiger partial charge in [0.25, 0.3) is 0 Å². The number of ether oxygens (including phenoxy) is 2. The number of rotatable bonds is 6. The standard InChI is InChI=1S/C22H33N3O4/c1-28-18-7-8-20(29-2)19(15-18)23-21(26)16-24-13-9-17(10-14-24)22(27)25-11-5-3-4-6-12-25/h7-8,15,17H,3-6,9-14,16H2,1-2H3,(H,23,26). The molecule has 0 bridgehead atoms. The predicted molar refractivity (Wildman–Crippen MR) is 112 cm³/mol. The van der Waals surface area contributed by atoms with Crippen LogP contribution in [0, 0.1) is 5.92 Å². The van der Waals surface area contributed by atoms with Gasteiger partial charge in [0.1, 0.15) is 11.5 Å². The van der Waals surface area contributed by atoms with Gasteiger partial charge in [-0.3, -0.25) is 14.5 Å². The maximum absolute atomic E-state index is 12.8. The monoisotopic (exact) mass is 403 g/mol. The molecule has 1 aromatic rings. The molecular formula is C22H33N3O4. The van der Waals surface area contributed by atoms with E-state index in [0.717, 1.165) is 51.9 Å². The summed E-state index contributed by atoms with van der Waals surface area (Å²) in [5, 5.41) is 2.92. The van der Waals surface area contributed by atoms with E-state index in [0.29, 0.717) is 29.6 Å². The van der Waals surface area contributed by atoms with Gasteiger partial charge in [-0.2, -0.15) is 0 Å². The first-order valence-electron chi connectivity index (χ1n) is 10.6. The minimum absolute atomic E-state index is 0.0890. The van der Waals surface area contributed by atoms with E-state index in [4.69, 9.17) is 9.47 Å². The van der Waals surface area contributed by atoms with Gasteiger partial charge in [0.2, 0.25) is 11.8 Å². The third-order valence-corrected chi connectivity index (χ3v) is 5.90. The molecule has 7 nitrogen and oxygen atoms in total. The number of amides is 2. The van der Waals surface area contributed by atoms with Crippen molar-refractivity contribution in [3.8, 4) is 11.5 Å². The second-order valence-corrected chi connectivity index (χ2v) is 7.90. The van der Waals surface area contributed by atoms with Gasteiger partial charge in [-0.25, -0.2) is 0 Å². The minimum Gasteiger partial charge on any atom is -0.497 e. The number of nitrogens with zero attached hydrogens (tertiary/aromatic N) is 2. The molecule has 1 N–H and O–H groups in total. The van der Waals surface area contributed by atoms with Gasteiger partial charge in [-0.1, -0.05) is 12.8 Å². The van der Waals surface area contributed by atoms with Crippen molar-refractivity contribution in [3.05, 3.63) is 18.2 Å². The zero-order valence-corrected chi connectivity index (χ0v) is 17.6. The van der Waals surface area contributed by atoms with Crippen LogP contribution in [-0.4, -0.2) is 68.6 Å². The first kappa shape index (κ1) is 21.4. The molecule has 0 spiro atoms. The summed E-state index contributed by atoms with van der Waals surface area (Å²) in [4.78, 5) is 29.5. The van der Waals surface area contributed by atoms with E-state index in [2.05, 4.69) is 15.1 Å². The highest BCUT2D eigenvalue weighted by atomic mass is 16.5. The Balaban J connectivity index is 1.48. The van der Waals surface area contributed by atoms with Gasteiger partial charge < -0.3 is 19.7 Å². The highest BCUT2D eigenvalue weighted by molar-refractivity contribution is 5.94. The van der Waals surface area contributed by atoms with E-state index in [1.54, 1.807) is 32.4 Å². The van der Waals surface area contributed by atoms with E-state index < -0.39 is 0 Å². The molecule has 2 heterocycles. The molecule has 160 valence electrons. The van der Waals surface area contributed by atoms with Crippen molar-refractivity contribution in [2.45, 2.75) is 38.5 Å². The van der Waals surface area contributed by atoms with E-state index in [1.807, 2.05) is 0 Å². The number of hydrogen-bond acceptors (Lipinski definition) is 5. The van der Waals surface area contributed by atoms with Crippen LogP contribution in [0.5, 0.6) is 11.5 Å². The molecule has 0 saturated carbocycles. The van der Waals surface area contributed by atoms with Crippen molar-refractivity contribution in [1.82, 2.24) is 9.80 Å². The first-order valence-corrected chi connectivity index (χ1v) is 10.6. The molecule has 0 aliphatic carbocycles. The molecule has 0 unspecified atom stereocenters. The smallest absolute Gasteiger partial charge is 0.238 e. The Hall–Kier alpha value is -2.28. The topological polar surface area (TPSA) is 71.1 Å². The van der Waals surface area contributed by atoms with Crippen molar-refractivity contribution in [1.29, 1.82) is 0 Å². The quantitative estimate of drug-likeness (QED) is 0.791. The number of nitrogens with one attached hydrogen (secondary N) is 1. The Kier molecular flexibility index (Phi) is 7.75. The molecule has 2 fully saturated rings. The summed E-state index contributed by atoms with van der Waals surface area (Å²) in [6.07, 6.45) is 6.36. The first-order chi connectivity index (χ1) is 14.1. The van der Waals surface area contributed by atoms with Crippen LogP contribution in [-0.2, 0) is 9.59 Å². The number of anilines is 1. The maximum atomic E-state index is 12.8. The molecule has 2 amide bonds. The van der Waals surface area contributed by atoms with Gasteiger partial charge in [0.05, 0.1) is 26.5 Å². The van der Waals surface area contributed by atoms with Gasteiger partial charge >= 0.3 is 0 Å². The Labute approximate surface area is 173 Å². The third-order valence-electron chi connectivity index (χ3n) is 5.90. The second kappa shape index (κ2) is 10.5. The molecule has 0 radical (unpaired) electrons. The van der Waals surface area contributed by atoms with E-state index in [1.165, 1.54) is 12.8 Å². The number of carbonyl (C=O) groups excluding carboxylic acids is 2. The lowest BCUT2D eigenvalue weighted by atomic mass is 9.95. The van der Waals surface area contributed by atoms with E-state index in [9.17, 15) is 9.59 Å². The predicted octanol–water partition coefficient (Wildman–Crippen LogP) is 2.76. The molecular weight excluding hydrogens is 370 g/mol. The summed E-state index contributed by atoms with van der Waals surface area (Å²) in [6, 6.07) is 5.32. The number of piperidine rings is 1. The summed E-state index contributed by atoms with van der Waals surface area (Å²) in [6.45, 7) is 3.67. The van der Waals surface area contributed by atoms with Crippen molar-refractivity contribution in [3.63, 3.8) is 0 Å². The van der Waals surface area contributed by atoms with Crippen LogP contribution < -0.4 is 14.8 Å². The normalized spacial score (nSPS) is 18.8. The van der Waals surface area contributed by atoms with Gasteiger partial charge in [0.15, 0.2) is 0 Å². The van der Waals surface area contributed by atoms with Crippen LogP contribution in [0.3, 0.4) is 0 Å². The Morgan fingerprint density at radius 3 is 2.31 bits per heavy atom. The Morgan fingerprint density at radius 1 is 1.00 bits per heavy atom. The minimum atomic E-state index is -0.0890. The van der Waals surface area contributed by atoms with Crippen LogP contribution in [0.1, 0.15) is 38.5 Å². The highest BCUT2D eigenvalue weighted by Crippen LogP contribution is 2.29. The third kappa shape index (κ3) is 5.85. The summed E-state index contributed by atoms with van der Waals surface area (Å²) in [5.74, 6) is 1.59. The molecule has 0 aromatic heterocycles. The number of carbonyl (C=O) groups is 2. The van der Waals surface area contributed by atoms with Crippen molar-refractivity contribution in [2.24, 2.45) is 5.92 Å². The second-order valence-electron chi connectivity index (χ2n) is 7.90. The van der Waals surface area contributed by atoms with Crippen LogP contribution >= 0.6 is 0 Å². The van der Waals surface area contributed by atoms with Crippen LogP contribution in [0.4, 0.5) is 5.69 Å². The SMILES string of the molecule is COc1ccc(OC)c(NC(=O)CN2CCC(C(=O)N3CCCCCC3)CC2)c1. The zero-order valence-electron chi connectivity index (χ0n) is 17.6. The average molecular weight is 404 g/mol. The summed E-state index contributed by atoms with van der Waals surface area (Å²) >= 11 is 0. The fourth-order valence-electron chi connectivity index (χ4n) is 4.19. The molecule has 0 atom stereocenters. The fourth-order valence-corrected chi connectivity index (χ4v) is 4.19. The summed E-state index contributed by atoms with van der Waals surface area (Å²) < 4.78 is 10.5. The van der Waals surface area contributed by atoms with E-state index >= 15 is 0 Å².